The Balaban J connectivity index is 1.37. The molecular weight excluding hydrogens is 428 g/mol. The first-order valence-corrected chi connectivity index (χ1v) is 10.8. The van der Waals surface area contributed by atoms with E-state index in [4.69, 9.17) is 9.15 Å². The van der Waals surface area contributed by atoms with Gasteiger partial charge in [-0.05, 0) is 42.5 Å². The van der Waals surface area contributed by atoms with Crippen LogP contribution in [0.25, 0.3) is 22.0 Å². The van der Waals surface area contributed by atoms with E-state index < -0.39 is 0 Å². The van der Waals surface area contributed by atoms with Crippen molar-refractivity contribution in [2.75, 3.05) is 18.1 Å². The summed E-state index contributed by atoms with van der Waals surface area (Å²) in [5, 5.41) is 5.51. The lowest BCUT2D eigenvalue weighted by Crippen LogP contribution is -2.45. The van der Waals surface area contributed by atoms with Gasteiger partial charge in [0.25, 0.3) is 5.91 Å². The van der Waals surface area contributed by atoms with Crippen molar-refractivity contribution in [2.24, 2.45) is 0 Å². The highest BCUT2D eigenvalue weighted by molar-refractivity contribution is 7.13. The van der Waals surface area contributed by atoms with Crippen molar-refractivity contribution < 1.29 is 18.7 Å². The minimum atomic E-state index is -0.293. The molecule has 4 heterocycles. The molecule has 160 valence electrons. The number of benzene rings is 1. The molecule has 0 saturated heterocycles. The summed E-state index contributed by atoms with van der Waals surface area (Å²) in [7, 11) is 0. The molecule has 2 amide bonds. The summed E-state index contributed by atoms with van der Waals surface area (Å²) in [6, 6.07) is 14.7. The second-order valence-electron chi connectivity index (χ2n) is 7.06. The van der Waals surface area contributed by atoms with Gasteiger partial charge in [-0.25, -0.2) is 4.98 Å². The third kappa shape index (κ3) is 4.10. The lowest BCUT2D eigenvalue weighted by atomic mass is 10.1. The molecule has 5 rings (SSSR count). The smallest absolute Gasteiger partial charge is 0.265 e. The van der Waals surface area contributed by atoms with Gasteiger partial charge < -0.3 is 14.5 Å². The minimum Gasteiger partial charge on any atom is -0.482 e. The normalized spacial score (nSPS) is 12.9. The van der Waals surface area contributed by atoms with E-state index >= 15 is 0 Å². The van der Waals surface area contributed by atoms with Gasteiger partial charge in [0.15, 0.2) is 6.61 Å². The maximum absolute atomic E-state index is 12.5. The summed E-state index contributed by atoms with van der Waals surface area (Å²) in [6.07, 6.45) is 3.27. The summed E-state index contributed by atoms with van der Waals surface area (Å²) in [5.41, 5.74) is 2.93. The van der Waals surface area contributed by atoms with E-state index in [1.54, 1.807) is 30.7 Å². The Bertz CT molecular complexity index is 1250. The van der Waals surface area contributed by atoms with Crippen LogP contribution in [0.2, 0.25) is 0 Å². The molecule has 0 aliphatic carbocycles. The van der Waals surface area contributed by atoms with Crippen LogP contribution in [0.4, 0.5) is 5.69 Å². The molecule has 3 aromatic heterocycles. The fraction of sp³-hybridized carbons (Fsp3) is 0.130. The number of nitrogens with zero attached hydrogens (tertiary/aromatic N) is 3. The second-order valence-corrected chi connectivity index (χ2v) is 7.92. The van der Waals surface area contributed by atoms with Crippen LogP contribution in [-0.2, 0) is 16.1 Å². The van der Waals surface area contributed by atoms with Gasteiger partial charge in [-0.1, -0.05) is 6.07 Å². The van der Waals surface area contributed by atoms with Crippen molar-refractivity contribution in [1.82, 2.24) is 15.3 Å². The van der Waals surface area contributed by atoms with Crippen LogP contribution in [0, 0.1) is 0 Å². The first-order chi connectivity index (χ1) is 15.7. The molecule has 1 aliphatic rings. The van der Waals surface area contributed by atoms with Crippen LogP contribution in [-0.4, -0.2) is 34.9 Å². The number of nitrogens with one attached hydrogen (secondary N) is 1. The van der Waals surface area contributed by atoms with E-state index in [0.29, 0.717) is 17.2 Å². The summed E-state index contributed by atoms with van der Waals surface area (Å²) in [4.78, 5) is 35.5. The molecule has 32 heavy (non-hydrogen) atoms. The van der Waals surface area contributed by atoms with E-state index in [2.05, 4.69) is 15.3 Å². The Hall–Kier alpha value is -3.98. The quantitative estimate of drug-likeness (QED) is 0.487. The number of furan rings is 1. The van der Waals surface area contributed by atoms with Gasteiger partial charge in [0.2, 0.25) is 5.91 Å². The molecule has 9 heteroatoms. The molecular formula is C23H18N4O4S. The number of hydrogen-bond acceptors (Lipinski definition) is 7. The van der Waals surface area contributed by atoms with Crippen molar-refractivity contribution >= 4 is 28.8 Å². The average molecular weight is 446 g/mol. The topological polar surface area (TPSA) is 97.6 Å². The number of thiazole rings is 1. The molecule has 1 aromatic carbocycles. The van der Waals surface area contributed by atoms with Crippen LogP contribution >= 0.6 is 11.3 Å². The third-order valence-corrected chi connectivity index (χ3v) is 5.79. The number of rotatable bonds is 6. The summed E-state index contributed by atoms with van der Waals surface area (Å²) in [6.45, 7) is 0.0281. The monoisotopic (exact) mass is 446 g/mol. The number of carbonyl (C=O) groups is 2. The first kappa shape index (κ1) is 20.0. The van der Waals surface area contributed by atoms with Crippen molar-refractivity contribution in [3.8, 4) is 27.7 Å². The number of aromatic nitrogens is 2. The van der Waals surface area contributed by atoms with Crippen molar-refractivity contribution in [3.05, 3.63) is 72.1 Å². The van der Waals surface area contributed by atoms with E-state index in [1.807, 2.05) is 35.7 Å². The lowest BCUT2D eigenvalue weighted by molar-refractivity contribution is -0.125. The van der Waals surface area contributed by atoms with E-state index in [-0.39, 0.29) is 31.5 Å². The fourth-order valence-electron chi connectivity index (χ4n) is 3.35. The van der Waals surface area contributed by atoms with E-state index in [0.717, 1.165) is 22.0 Å². The van der Waals surface area contributed by atoms with Gasteiger partial charge in [0, 0.05) is 17.1 Å². The predicted octanol–water partition coefficient (Wildman–Crippen LogP) is 3.51. The first-order valence-electron chi connectivity index (χ1n) is 9.91. The SMILES string of the molecule is O=C(CN1C(=O)COc2ccc(-c3csc(-c4ccccn4)n3)cc21)NCc1ccco1. The summed E-state index contributed by atoms with van der Waals surface area (Å²) >= 11 is 1.49. The summed E-state index contributed by atoms with van der Waals surface area (Å²) < 4.78 is 10.8. The van der Waals surface area contributed by atoms with Crippen LogP contribution in [0.1, 0.15) is 5.76 Å². The number of amides is 2. The Kier molecular flexibility index (Phi) is 5.39. The van der Waals surface area contributed by atoms with Crippen LogP contribution in [0.3, 0.4) is 0 Å². The number of pyridine rings is 1. The van der Waals surface area contributed by atoms with Crippen LogP contribution in [0.15, 0.2) is 70.8 Å². The second kappa shape index (κ2) is 8.64. The van der Waals surface area contributed by atoms with Gasteiger partial charge >= 0.3 is 0 Å². The molecule has 1 N–H and O–H groups in total. The van der Waals surface area contributed by atoms with E-state index in [1.165, 1.54) is 16.2 Å². The summed E-state index contributed by atoms with van der Waals surface area (Å²) in [5.74, 6) is 0.614. The Morgan fingerprint density at radius 3 is 2.91 bits per heavy atom. The minimum absolute atomic E-state index is 0.113. The molecule has 0 fully saturated rings. The highest BCUT2D eigenvalue weighted by Gasteiger charge is 2.28. The average Bonchev–Trinajstić information content (AvgIpc) is 3.52. The molecule has 0 bridgehead atoms. The number of anilines is 1. The molecule has 1 aliphatic heterocycles. The van der Waals surface area contributed by atoms with Crippen molar-refractivity contribution in [3.63, 3.8) is 0 Å². The zero-order chi connectivity index (χ0) is 21.9. The van der Waals surface area contributed by atoms with Gasteiger partial charge in [-0.3, -0.25) is 19.5 Å². The van der Waals surface area contributed by atoms with Gasteiger partial charge in [-0.15, -0.1) is 11.3 Å². The highest BCUT2D eigenvalue weighted by Crippen LogP contribution is 2.37. The number of ether oxygens (including phenoxy) is 1. The molecule has 8 nitrogen and oxygen atoms in total. The molecule has 0 radical (unpaired) electrons. The lowest BCUT2D eigenvalue weighted by Gasteiger charge is -2.29. The predicted molar refractivity (Wildman–Crippen MR) is 119 cm³/mol. The maximum Gasteiger partial charge on any atom is 0.265 e. The molecule has 0 spiro atoms. The number of fused-ring (bicyclic) bond motifs is 1. The standard InChI is InChI=1S/C23H18N4O4S/c28-21(25-11-16-4-3-9-30-16)12-27-19-10-15(6-7-20(19)31-13-22(27)29)18-14-32-23(26-18)17-5-1-2-8-24-17/h1-10,14H,11-13H2,(H,25,28). The Morgan fingerprint density at radius 1 is 1.16 bits per heavy atom. The van der Waals surface area contributed by atoms with E-state index in [9.17, 15) is 9.59 Å². The molecule has 0 unspecified atom stereocenters. The molecule has 4 aromatic rings. The highest BCUT2D eigenvalue weighted by atomic mass is 32.1. The van der Waals surface area contributed by atoms with Gasteiger partial charge in [0.05, 0.1) is 29.9 Å². The van der Waals surface area contributed by atoms with Crippen LogP contribution in [0.5, 0.6) is 5.75 Å². The van der Waals surface area contributed by atoms with Crippen molar-refractivity contribution in [1.29, 1.82) is 0 Å². The maximum atomic E-state index is 12.5. The van der Waals surface area contributed by atoms with Gasteiger partial charge in [-0.2, -0.15) is 0 Å². The zero-order valence-corrected chi connectivity index (χ0v) is 17.7. The Morgan fingerprint density at radius 2 is 2.09 bits per heavy atom. The van der Waals surface area contributed by atoms with Crippen LogP contribution < -0.4 is 15.0 Å². The Labute approximate surface area is 187 Å². The molecule has 0 atom stereocenters. The number of hydrogen-bond donors (Lipinski definition) is 1. The fourth-order valence-corrected chi connectivity index (χ4v) is 4.15. The third-order valence-electron chi connectivity index (χ3n) is 4.93. The van der Waals surface area contributed by atoms with Gasteiger partial charge in [0.1, 0.15) is 23.1 Å². The number of carbonyl (C=O) groups excluding carboxylic acids is 2. The largest absolute Gasteiger partial charge is 0.482 e. The zero-order valence-electron chi connectivity index (χ0n) is 16.9. The van der Waals surface area contributed by atoms with Crippen molar-refractivity contribution in [2.45, 2.75) is 6.54 Å². The molecule has 0 saturated carbocycles.